The standard InChI is InChI=1S/C36H43N5O12/c1-20(2)31(34(50)38-25(16-28(43)44)12-13-27(42)37-18-30(47)48)40-35(51)32(24-14-22-10-6-7-11-23(22)15-24)41-33(49)26(17-29(45)46)39-36(52)53-19-21-8-4-3-5-9-21/h3-13,20,24-26,31-32H,14-19H2,1-2H3,(H,37,42)(H,38,50)(H,39,52)(H,40,51)(H,41,49)(H,43,44)(H,45,46)(H,47,48). The van der Waals surface area contributed by atoms with Crippen molar-refractivity contribution in [1.82, 2.24) is 26.6 Å². The van der Waals surface area contributed by atoms with Crippen molar-refractivity contribution < 1.29 is 58.4 Å². The molecule has 2 aromatic carbocycles. The second-order valence-electron chi connectivity index (χ2n) is 12.7. The molecule has 0 saturated carbocycles. The third-order valence-electron chi connectivity index (χ3n) is 8.20. The normalized spacial score (nSPS) is 14.5. The van der Waals surface area contributed by atoms with E-state index in [-0.39, 0.29) is 6.61 Å². The molecule has 0 spiro atoms. The van der Waals surface area contributed by atoms with Gasteiger partial charge in [-0.3, -0.25) is 33.6 Å². The molecule has 4 atom stereocenters. The Balaban J connectivity index is 1.81. The Bertz CT molecular complexity index is 1670. The van der Waals surface area contributed by atoms with Crippen molar-refractivity contribution in [2.75, 3.05) is 6.54 Å². The molecule has 3 rings (SSSR count). The van der Waals surface area contributed by atoms with Crippen LogP contribution in [0.5, 0.6) is 0 Å². The van der Waals surface area contributed by atoms with Gasteiger partial charge in [-0.15, -0.1) is 0 Å². The Labute approximate surface area is 304 Å². The minimum Gasteiger partial charge on any atom is -0.481 e. The molecule has 4 unspecified atom stereocenters. The van der Waals surface area contributed by atoms with E-state index >= 15 is 0 Å². The molecule has 0 heterocycles. The van der Waals surface area contributed by atoms with Gasteiger partial charge in [-0.1, -0.05) is 74.5 Å². The van der Waals surface area contributed by atoms with Gasteiger partial charge in [0.15, 0.2) is 0 Å². The van der Waals surface area contributed by atoms with Crippen LogP contribution in [0.15, 0.2) is 66.7 Å². The maximum absolute atomic E-state index is 14.0. The summed E-state index contributed by atoms with van der Waals surface area (Å²) < 4.78 is 5.16. The van der Waals surface area contributed by atoms with Crippen LogP contribution in [-0.4, -0.2) is 93.7 Å². The largest absolute Gasteiger partial charge is 0.481 e. The lowest BCUT2D eigenvalue weighted by atomic mass is 9.93. The van der Waals surface area contributed by atoms with E-state index in [4.69, 9.17) is 9.84 Å². The molecule has 0 saturated heterocycles. The lowest BCUT2D eigenvalue weighted by molar-refractivity contribution is -0.140. The number of benzene rings is 2. The lowest BCUT2D eigenvalue weighted by Gasteiger charge is -2.30. The number of nitrogens with one attached hydrogen (secondary N) is 5. The van der Waals surface area contributed by atoms with Crippen molar-refractivity contribution in [1.29, 1.82) is 0 Å². The third kappa shape index (κ3) is 13.8. The van der Waals surface area contributed by atoms with Gasteiger partial charge < -0.3 is 46.6 Å². The summed E-state index contributed by atoms with van der Waals surface area (Å²) in [7, 11) is 0. The first-order valence-corrected chi connectivity index (χ1v) is 16.7. The average Bonchev–Trinajstić information content (AvgIpc) is 3.53. The van der Waals surface area contributed by atoms with Crippen LogP contribution in [0.3, 0.4) is 0 Å². The van der Waals surface area contributed by atoms with E-state index in [1.54, 1.807) is 44.2 Å². The second-order valence-corrected chi connectivity index (χ2v) is 12.7. The summed E-state index contributed by atoms with van der Waals surface area (Å²) in [6.07, 6.45) is 0.0828. The van der Waals surface area contributed by atoms with E-state index in [1.807, 2.05) is 24.3 Å². The molecule has 2 aromatic rings. The van der Waals surface area contributed by atoms with Gasteiger partial charge in [0.1, 0.15) is 31.3 Å². The first-order valence-electron chi connectivity index (χ1n) is 16.7. The predicted molar refractivity (Wildman–Crippen MR) is 186 cm³/mol. The molecule has 0 radical (unpaired) electrons. The molecule has 53 heavy (non-hydrogen) atoms. The molecule has 17 nitrogen and oxygen atoms in total. The number of carboxylic acids is 3. The number of carbonyl (C=O) groups is 8. The Hall–Kier alpha value is -6.26. The minimum absolute atomic E-state index is 0.154. The van der Waals surface area contributed by atoms with Gasteiger partial charge in [0.05, 0.1) is 18.9 Å². The van der Waals surface area contributed by atoms with Gasteiger partial charge in [-0.25, -0.2) is 4.79 Å². The molecule has 17 heteroatoms. The van der Waals surface area contributed by atoms with Gasteiger partial charge in [-0.05, 0) is 41.4 Å². The molecule has 0 aliphatic heterocycles. The Morgan fingerprint density at radius 2 is 1.34 bits per heavy atom. The zero-order chi connectivity index (χ0) is 39.1. The summed E-state index contributed by atoms with van der Waals surface area (Å²) in [6, 6.07) is 10.5. The SMILES string of the molecule is CC(C)C(NC(=O)C(NC(=O)C(CC(=O)O)NC(=O)OCc1ccccc1)C1Cc2ccccc2C1)C(=O)NC(C=CC(=O)NCC(=O)O)CC(=O)O. The van der Waals surface area contributed by atoms with Crippen molar-refractivity contribution in [3.63, 3.8) is 0 Å². The quantitative estimate of drug-likeness (QED) is 0.0917. The topological polar surface area (TPSA) is 267 Å². The number of ether oxygens (including phenoxy) is 1. The van der Waals surface area contributed by atoms with Crippen LogP contribution in [0, 0.1) is 11.8 Å². The van der Waals surface area contributed by atoms with Crippen LogP contribution in [0.2, 0.25) is 0 Å². The van der Waals surface area contributed by atoms with E-state index < -0.39 is 103 Å². The molecule has 1 aliphatic carbocycles. The van der Waals surface area contributed by atoms with Gasteiger partial charge in [0.2, 0.25) is 23.6 Å². The number of alkyl carbamates (subject to hydrolysis) is 1. The van der Waals surface area contributed by atoms with E-state index in [0.29, 0.717) is 18.4 Å². The van der Waals surface area contributed by atoms with Crippen molar-refractivity contribution >= 4 is 47.6 Å². The van der Waals surface area contributed by atoms with Gasteiger partial charge in [0, 0.05) is 6.08 Å². The lowest BCUT2D eigenvalue weighted by Crippen LogP contribution is -2.60. The smallest absolute Gasteiger partial charge is 0.408 e. The van der Waals surface area contributed by atoms with Crippen LogP contribution in [-0.2, 0) is 57.7 Å². The number of carboxylic acid groups (broad SMARTS) is 3. The van der Waals surface area contributed by atoms with Crippen LogP contribution in [0.1, 0.15) is 43.4 Å². The third-order valence-corrected chi connectivity index (χ3v) is 8.20. The van der Waals surface area contributed by atoms with Crippen molar-refractivity contribution in [3.05, 3.63) is 83.4 Å². The fourth-order valence-electron chi connectivity index (χ4n) is 5.60. The second kappa shape index (κ2) is 20.0. The van der Waals surface area contributed by atoms with Crippen LogP contribution in [0.4, 0.5) is 4.79 Å². The van der Waals surface area contributed by atoms with Gasteiger partial charge >= 0.3 is 24.0 Å². The summed E-state index contributed by atoms with van der Waals surface area (Å²) in [5.41, 5.74) is 2.49. The highest BCUT2D eigenvalue weighted by atomic mass is 16.5. The summed E-state index contributed by atoms with van der Waals surface area (Å²) in [4.78, 5) is 99.6. The summed E-state index contributed by atoms with van der Waals surface area (Å²) in [5.74, 6) is -8.62. The van der Waals surface area contributed by atoms with Crippen LogP contribution >= 0.6 is 0 Å². The maximum Gasteiger partial charge on any atom is 0.408 e. The monoisotopic (exact) mass is 737 g/mol. The molecular formula is C36H43N5O12. The average molecular weight is 738 g/mol. The Morgan fingerprint density at radius 1 is 0.736 bits per heavy atom. The number of carbonyl (C=O) groups excluding carboxylic acids is 5. The zero-order valence-electron chi connectivity index (χ0n) is 29.1. The molecular weight excluding hydrogens is 694 g/mol. The highest BCUT2D eigenvalue weighted by Gasteiger charge is 2.38. The molecule has 5 amide bonds. The molecule has 8 N–H and O–H groups in total. The van der Waals surface area contributed by atoms with Crippen molar-refractivity contribution in [3.8, 4) is 0 Å². The number of hydrogen-bond acceptors (Lipinski definition) is 9. The molecule has 0 bridgehead atoms. The summed E-state index contributed by atoms with van der Waals surface area (Å²) >= 11 is 0. The van der Waals surface area contributed by atoms with Crippen LogP contribution in [0.25, 0.3) is 0 Å². The van der Waals surface area contributed by atoms with Gasteiger partial charge in [0.25, 0.3) is 0 Å². The van der Waals surface area contributed by atoms with E-state index in [9.17, 15) is 48.6 Å². The fraction of sp³-hybridized carbons (Fsp3) is 0.389. The van der Waals surface area contributed by atoms with Crippen molar-refractivity contribution in [2.45, 2.75) is 70.3 Å². The number of amides is 5. The number of rotatable bonds is 19. The highest BCUT2D eigenvalue weighted by Crippen LogP contribution is 2.29. The molecule has 1 aliphatic rings. The highest BCUT2D eigenvalue weighted by molar-refractivity contribution is 5.95. The number of aliphatic carboxylic acids is 3. The number of fused-ring (bicyclic) bond motifs is 1. The van der Waals surface area contributed by atoms with E-state index in [1.165, 1.54) is 0 Å². The molecule has 0 fully saturated rings. The minimum atomic E-state index is -1.64. The summed E-state index contributed by atoms with van der Waals surface area (Å²) in [6.45, 7) is 2.38. The van der Waals surface area contributed by atoms with E-state index in [2.05, 4.69) is 26.6 Å². The van der Waals surface area contributed by atoms with Crippen LogP contribution < -0.4 is 26.6 Å². The van der Waals surface area contributed by atoms with Gasteiger partial charge in [-0.2, -0.15) is 0 Å². The maximum atomic E-state index is 14.0. The predicted octanol–water partition coefficient (Wildman–Crippen LogP) is 0.513. The summed E-state index contributed by atoms with van der Waals surface area (Å²) in [5, 5.41) is 39.7. The zero-order valence-corrected chi connectivity index (χ0v) is 29.1. The van der Waals surface area contributed by atoms with Crippen molar-refractivity contribution in [2.24, 2.45) is 11.8 Å². The first kappa shape index (κ1) is 41.2. The first-order chi connectivity index (χ1) is 25.1. The molecule has 0 aromatic heterocycles. The Morgan fingerprint density at radius 3 is 1.91 bits per heavy atom. The number of hydrogen-bond donors (Lipinski definition) is 8. The fourth-order valence-corrected chi connectivity index (χ4v) is 5.60. The Kier molecular flexibility index (Phi) is 15.5. The molecule has 284 valence electrons. The van der Waals surface area contributed by atoms with E-state index in [0.717, 1.165) is 23.3 Å².